The molecule has 3 heteroatoms. The van der Waals surface area contributed by atoms with Gasteiger partial charge in [-0.1, -0.05) is 206 Å². The number of hydrogen-bond donors (Lipinski definition) is 0. The lowest BCUT2D eigenvalue weighted by molar-refractivity contribution is 0.436. The summed E-state index contributed by atoms with van der Waals surface area (Å²) >= 11 is 0. The van der Waals surface area contributed by atoms with E-state index in [9.17, 15) is 0 Å². The van der Waals surface area contributed by atoms with Crippen LogP contribution in [0.15, 0.2) is 261 Å². The van der Waals surface area contributed by atoms with Gasteiger partial charge >= 0.3 is 0 Å². The Kier molecular flexibility index (Phi) is 8.49. The fourth-order valence-electron chi connectivity index (χ4n) is 12.9. The highest BCUT2D eigenvalue weighted by atomic mass is 16.5. The van der Waals surface area contributed by atoms with Crippen LogP contribution in [0.2, 0.25) is 0 Å². The summed E-state index contributed by atoms with van der Waals surface area (Å²) in [5.41, 5.74) is 21.1. The third-order valence-corrected chi connectivity index (χ3v) is 15.6. The van der Waals surface area contributed by atoms with Gasteiger partial charge in [0.15, 0.2) is 0 Å². The first kappa shape index (κ1) is 39.8. The lowest BCUT2D eigenvalue weighted by Crippen LogP contribution is -2.32. The molecule has 0 bridgehead atoms. The van der Waals surface area contributed by atoms with E-state index in [0.717, 1.165) is 79.0 Å². The van der Waals surface area contributed by atoms with Gasteiger partial charge in [-0.2, -0.15) is 0 Å². The molecule has 0 fully saturated rings. The van der Waals surface area contributed by atoms with E-state index < -0.39 is 10.8 Å². The summed E-state index contributed by atoms with van der Waals surface area (Å²) in [6, 6.07) is 95.2. The second-order valence-electron chi connectivity index (χ2n) is 19.0. The van der Waals surface area contributed by atoms with Crippen LogP contribution in [0.25, 0.3) is 44.5 Å². The molecule has 0 amide bonds. The number of nitrogens with zero attached hydrogens (tertiary/aromatic N) is 1. The molecule has 3 nitrogen and oxygen atoms in total. The van der Waals surface area contributed by atoms with Crippen molar-refractivity contribution in [3.05, 3.63) is 305 Å². The maximum Gasteiger partial charge on any atom is 0.132 e. The zero-order valence-corrected chi connectivity index (χ0v) is 38.6. The first-order chi connectivity index (χ1) is 35.2. The maximum absolute atomic E-state index is 6.75. The van der Waals surface area contributed by atoms with Crippen LogP contribution >= 0.6 is 0 Å². The number of ether oxygens (including phenoxy) is 2. The summed E-state index contributed by atoms with van der Waals surface area (Å²) in [4.78, 5) is 2.52. The van der Waals surface area contributed by atoms with Gasteiger partial charge < -0.3 is 14.4 Å². The predicted octanol–water partition coefficient (Wildman–Crippen LogP) is 17.4. The third-order valence-electron chi connectivity index (χ3n) is 15.6. The molecule has 332 valence electrons. The molecule has 11 aromatic carbocycles. The highest BCUT2D eigenvalue weighted by Gasteiger charge is 2.53. The molecule has 0 aromatic heterocycles. The largest absolute Gasteiger partial charge is 0.457 e. The minimum atomic E-state index is -0.621. The SMILES string of the molecule is c1ccc(-c2cccc(N(c3ccccc3-c3ccc4c(c3)C3(c5ccccc5Oc5ccccc53)c3ccccc3-4)c3cccc4c3-c3ccccc3C43c4ccccc4Oc4ccccc43)c2)cc1. The van der Waals surface area contributed by atoms with Crippen molar-refractivity contribution in [3.63, 3.8) is 0 Å². The van der Waals surface area contributed by atoms with E-state index in [2.05, 4.69) is 266 Å². The molecule has 4 aliphatic rings. The maximum atomic E-state index is 6.75. The quantitative estimate of drug-likeness (QED) is 0.172. The Balaban J connectivity index is 1.01. The van der Waals surface area contributed by atoms with Crippen LogP contribution < -0.4 is 14.4 Å². The fraction of sp³-hybridized carbons (Fsp3) is 0.0294. The normalized spacial score (nSPS) is 14.1. The summed E-state index contributed by atoms with van der Waals surface area (Å²) in [6.07, 6.45) is 0. The van der Waals surface area contributed by atoms with Crippen LogP contribution in [0.5, 0.6) is 23.0 Å². The molecule has 2 aliphatic carbocycles. The number of benzene rings is 11. The van der Waals surface area contributed by atoms with Crippen LogP contribution in [-0.2, 0) is 10.8 Å². The predicted molar refractivity (Wildman–Crippen MR) is 287 cm³/mol. The molecule has 0 N–H and O–H groups in total. The Labute approximate surface area is 413 Å². The molecular weight excluding hydrogens is 863 g/mol. The van der Waals surface area contributed by atoms with Gasteiger partial charge in [0.25, 0.3) is 0 Å². The van der Waals surface area contributed by atoms with Crippen molar-refractivity contribution in [2.45, 2.75) is 10.8 Å². The first-order valence-electron chi connectivity index (χ1n) is 24.5. The Bertz CT molecular complexity index is 3890. The topological polar surface area (TPSA) is 21.7 Å². The van der Waals surface area contributed by atoms with Crippen LogP contribution in [-0.4, -0.2) is 0 Å². The van der Waals surface area contributed by atoms with Crippen molar-refractivity contribution >= 4 is 17.1 Å². The molecule has 11 aromatic rings. The van der Waals surface area contributed by atoms with Gasteiger partial charge in [-0.3, -0.25) is 0 Å². The van der Waals surface area contributed by atoms with Crippen LogP contribution in [0.3, 0.4) is 0 Å². The minimum Gasteiger partial charge on any atom is -0.457 e. The van der Waals surface area contributed by atoms with Crippen LogP contribution in [0.4, 0.5) is 17.1 Å². The zero-order valence-electron chi connectivity index (χ0n) is 38.6. The lowest BCUT2D eigenvalue weighted by Gasteiger charge is -2.39. The van der Waals surface area contributed by atoms with Gasteiger partial charge in [0.05, 0.1) is 22.2 Å². The van der Waals surface area contributed by atoms with Crippen molar-refractivity contribution in [1.29, 1.82) is 0 Å². The fourth-order valence-corrected chi connectivity index (χ4v) is 12.9. The molecule has 71 heavy (non-hydrogen) atoms. The number of anilines is 3. The molecule has 0 saturated carbocycles. The van der Waals surface area contributed by atoms with Gasteiger partial charge in [-0.15, -0.1) is 0 Å². The van der Waals surface area contributed by atoms with Gasteiger partial charge in [-0.25, -0.2) is 0 Å². The van der Waals surface area contributed by atoms with Crippen molar-refractivity contribution in [3.8, 4) is 67.5 Å². The number of para-hydroxylation sites is 5. The Morgan fingerprint density at radius 1 is 0.254 bits per heavy atom. The second-order valence-corrected chi connectivity index (χ2v) is 19.0. The first-order valence-corrected chi connectivity index (χ1v) is 24.5. The Morgan fingerprint density at radius 3 is 1.32 bits per heavy atom. The van der Waals surface area contributed by atoms with E-state index in [1.807, 2.05) is 0 Å². The van der Waals surface area contributed by atoms with E-state index in [0.29, 0.717) is 0 Å². The van der Waals surface area contributed by atoms with E-state index in [4.69, 9.17) is 9.47 Å². The van der Waals surface area contributed by atoms with Crippen molar-refractivity contribution in [2.75, 3.05) is 4.90 Å². The minimum absolute atomic E-state index is 0.597. The van der Waals surface area contributed by atoms with Crippen LogP contribution in [0, 0.1) is 0 Å². The van der Waals surface area contributed by atoms with E-state index in [1.54, 1.807) is 0 Å². The molecular formula is C68H43NO2. The summed E-state index contributed by atoms with van der Waals surface area (Å²) in [5, 5.41) is 0. The third kappa shape index (κ3) is 5.43. The number of rotatable bonds is 5. The zero-order chi connectivity index (χ0) is 46.7. The van der Waals surface area contributed by atoms with E-state index >= 15 is 0 Å². The molecule has 0 unspecified atom stereocenters. The van der Waals surface area contributed by atoms with Gasteiger partial charge in [0.1, 0.15) is 23.0 Å². The molecule has 0 radical (unpaired) electrons. The van der Waals surface area contributed by atoms with Crippen molar-refractivity contribution < 1.29 is 9.47 Å². The van der Waals surface area contributed by atoms with Gasteiger partial charge in [-0.05, 0) is 110 Å². The van der Waals surface area contributed by atoms with E-state index in [-0.39, 0.29) is 0 Å². The summed E-state index contributed by atoms with van der Waals surface area (Å²) in [6.45, 7) is 0. The highest BCUT2D eigenvalue weighted by molar-refractivity contribution is 6.01. The highest BCUT2D eigenvalue weighted by Crippen LogP contribution is 2.65. The standard InChI is InChI=1S/C68H43NO2/c1-2-20-44(21-3-1)45-22-18-23-47(42-45)69(61-35-19-33-58-66(61)51-26-5-8-28-53(51)67(58)54-29-9-14-36-62(54)70-63-37-15-10-30-55(63)67)60-34-13-6-24-48(60)46-40-41-50-49-25-4-7-27-52(49)68(59(50)43-46)56-31-11-16-38-64(56)71-65-39-17-12-32-57(65)68/h1-43H. The smallest absolute Gasteiger partial charge is 0.132 e. The summed E-state index contributed by atoms with van der Waals surface area (Å²) in [5.74, 6) is 3.52. The van der Waals surface area contributed by atoms with Crippen molar-refractivity contribution in [1.82, 2.24) is 0 Å². The Morgan fingerprint density at radius 2 is 0.690 bits per heavy atom. The average Bonchev–Trinajstić information content (AvgIpc) is 3.90. The number of fused-ring (bicyclic) bond motifs is 18. The Hall–Kier alpha value is -9.18. The average molecular weight is 906 g/mol. The molecule has 2 heterocycles. The molecule has 15 rings (SSSR count). The number of hydrogen-bond acceptors (Lipinski definition) is 3. The second kappa shape index (κ2) is 15.2. The van der Waals surface area contributed by atoms with E-state index in [1.165, 1.54) is 50.1 Å². The molecule has 0 saturated heterocycles. The molecule has 0 atom stereocenters. The molecule has 2 spiro atoms. The van der Waals surface area contributed by atoms with Gasteiger partial charge in [0, 0.05) is 39.1 Å². The van der Waals surface area contributed by atoms with Crippen molar-refractivity contribution in [2.24, 2.45) is 0 Å². The molecule has 2 aliphatic heterocycles. The summed E-state index contributed by atoms with van der Waals surface area (Å²) < 4.78 is 13.5. The summed E-state index contributed by atoms with van der Waals surface area (Å²) in [7, 11) is 0. The monoisotopic (exact) mass is 905 g/mol. The lowest BCUT2D eigenvalue weighted by atomic mass is 9.66. The van der Waals surface area contributed by atoms with Gasteiger partial charge in [0.2, 0.25) is 0 Å². The van der Waals surface area contributed by atoms with Crippen LogP contribution in [0.1, 0.15) is 44.5 Å².